The standard InChI is InChI=1S/C40H57N7O6S/c1-26(2)22-33(38(51)44-30(36(42)49)18-21-54-3)47-25-29-17-20-46(35(29)40(47)53)39(52)32(24-28-14-8-5-9-15-28)45-37(50)31(23-27-12-6-4-7-13-27)43-34(48)16-10-11-19-41/h4-9,12-15,26,29-33,35H,10-11,16-25,41H2,1-3H3,(H2,42,49)(H,43,48)(H,44,51)(H,45,50)/t29-,30+,31+,32+,33-,35+/m1/s1. The van der Waals surface area contributed by atoms with Crippen molar-refractivity contribution >= 4 is 47.2 Å². The van der Waals surface area contributed by atoms with Crippen LogP contribution in [0.15, 0.2) is 60.7 Å². The predicted molar refractivity (Wildman–Crippen MR) is 210 cm³/mol. The van der Waals surface area contributed by atoms with Gasteiger partial charge in [-0.05, 0) is 67.7 Å². The number of likely N-dealkylation sites (tertiary alicyclic amines) is 2. The van der Waals surface area contributed by atoms with Crippen molar-refractivity contribution in [1.29, 1.82) is 0 Å². The van der Waals surface area contributed by atoms with Gasteiger partial charge in [0.15, 0.2) is 0 Å². The molecule has 0 bridgehead atoms. The van der Waals surface area contributed by atoms with Crippen molar-refractivity contribution in [3.8, 4) is 0 Å². The minimum Gasteiger partial charge on any atom is -0.368 e. The van der Waals surface area contributed by atoms with Crippen molar-refractivity contribution in [2.24, 2.45) is 23.3 Å². The SMILES string of the molecule is CSCC[C@H](NC(=O)[C@@H](CC(C)C)N1C[C@H]2CCN(C(=O)[C@H](Cc3ccccc3)NC(=O)[C@H](Cc3ccccc3)NC(=O)CCCCN)[C@@H]2C1=O)C(N)=O. The van der Waals surface area contributed by atoms with Gasteiger partial charge in [0.25, 0.3) is 0 Å². The van der Waals surface area contributed by atoms with Gasteiger partial charge in [0.2, 0.25) is 35.4 Å². The average Bonchev–Trinajstić information content (AvgIpc) is 3.71. The molecule has 7 N–H and O–H groups in total. The highest BCUT2D eigenvalue weighted by molar-refractivity contribution is 7.98. The number of amides is 6. The Morgan fingerprint density at radius 3 is 2.04 bits per heavy atom. The van der Waals surface area contributed by atoms with E-state index in [1.165, 1.54) is 11.8 Å². The molecule has 2 aromatic rings. The molecule has 6 atom stereocenters. The third-order valence-corrected chi connectivity index (χ3v) is 10.8. The number of benzene rings is 2. The topological polar surface area (TPSA) is 197 Å². The van der Waals surface area contributed by atoms with Crippen LogP contribution in [0.4, 0.5) is 0 Å². The zero-order chi connectivity index (χ0) is 39.2. The van der Waals surface area contributed by atoms with Crippen molar-refractivity contribution in [3.05, 3.63) is 71.8 Å². The van der Waals surface area contributed by atoms with Crippen LogP contribution in [0.3, 0.4) is 0 Å². The molecule has 2 aliphatic heterocycles. The molecule has 2 fully saturated rings. The van der Waals surface area contributed by atoms with E-state index in [1.54, 1.807) is 9.80 Å². The summed E-state index contributed by atoms with van der Waals surface area (Å²) in [5.41, 5.74) is 12.9. The van der Waals surface area contributed by atoms with Gasteiger partial charge >= 0.3 is 0 Å². The molecule has 0 saturated carbocycles. The summed E-state index contributed by atoms with van der Waals surface area (Å²) >= 11 is 1.54. The van der Waals surface area contributed by atoms with Crippen LogP contribution >= 0.6 is 11.8 Å². The first-order valence-electron chi connectivity index (χ1n) is 19.0. The maximum Gasteiger partial charge on any atom is 0.246 e. The molecule has 2 aromatic carbocycles. The van der Waals surface area contributed by atoms with E-state index in [0.29, 0.717) is 50.9 Å². The second kappa shape index (κ2) is 20.9. The molecular formula is C40H57N7O6S. The highest BCUT2D eigenvalue weighted by atomic mass is 32.2. The van der Waals surface area contributed by atoms with Crippen LogP contribution in [0, 0.1) is 11.8 Å². The molecule has 0 aromatic heterocycles. The third-order valence-electron chi connectivity index (χ3n) is 10.1. The quantitative estimate of drug-likeness (QED) is 0.119. The number of nitrogens with zero attached hydrogens (tertiary/aromatic N) is 2. The second-order valence-corrected chi connectivity index (χ2v) is 15.7. The second-order valence-electron chi connectivity index (χ2n) is 14.7. The van der Waals surface area contributed by atoms with Crippen molar-refractivity contribution in [3.63, 3.8) is 0 Å². The summed E-state index contributed by atoms with van der Waals surface area (Å²) in [5.74, 6) is -2.12. The molecule has 14 heteroatoms. The van der Waals surface area contributed by atoms with E-state index in [4.69, 9.17) is 11.5 Å². The number of fused-ring (bicyclic) bond motifs is 1. The first-order chi connectivity index (χ1) is 25.9. The minimum absolute atomic E-state index is 0.0559. The van der Waals surface area contributed by atoms with Gasteiger partial charge in [-0.3, -0.25) is 28.8 Å². The number of primary amides is 1. The number of rotatable bonds is 21. The lowest BCUT2D eigenvalue weighted by Gasteiger charge is -2.32. The molecule has 54 heavy (non-hydrogen) atoms. The van der Waals surface area contributed by atoms with E-state index in [-0.39, 0.29) is 49.5 Å². The molecule has 2 saturated heterocycles. The monoisotopic (exact) mass is 763 g/mol. The van der Waals surface area contributed by atoms with Crippen LogP contribution < -0.4 is 27.4 Å². The maximum absolute atomic E-state index is 14.6. The molecule has 0 spiro atoms. The average molecular weight is 764 g/mol. The van der Waals surface area contributed by atoms with E-state index < -0.39 is 53.8 Å². The van der Waals surface area contributed by atoms with Crippen molar-refractivity contribution in [2.75, 3.05) is 31.6 Å². The molecule has 2 heterocycles. The number of hydrogen-bond donors (Lipinski definition) is 5. The molecule has 0 aliphatic carbocycles. The van der Waals surface area contributed by atoms with E-state index in [0.717, 1.165) is 11.1 Å². The zero-order valence-corrected chi connectivity index (χ0v) is 32.5. The largest absolute Gasteiger partial charge is 0.368 e. The normalized spacial score (nSPS) is 18.8. The van der Waals surface area contributed by atoms with Gasteiger partial charge in [0, 0.05) is 38.3 Å². The smallest absolute Gasteiger partial charge is 0.246 e. The van der Waals surface area contributed by atoms with Gasteiger partial charge in [0.1, 0.15) is 30.2 Å². The molecule has 294 valence electrons. The number of carbonyl (C=O) groups excluding carboxylic acids is 6. The lowest BCUT2D eigenvalue weighted by Crippen LogP contribution is -2.58. The fourth-order valence-corrected chi connectivity index (χ4v) is 7.78. The molecular weight excluding hydrogens is 707 g/mol. The molecule has 0 unspecified atom stereocenters. The Morgan fingerprint density at radius 2 is 1.46 bits per heavy atom. The molecule has 6 amide bonds. The first kappa shape index (κ1) is 42.3. The van der Waals surface area contributed by atoms with Crippen LogP contribution in [0.5, 0.6) is 0 Å². The van der Waals surface area contributed by atoms with Crippen LogP contribution in [-0.2, 0) is 41.6 Å². The van der Waals surface area contributed by atoms with Crippen LogP contribution in [0.2, 0.25) is 0 Å². The van der Waals surface area contributed by atoms with Gasteiger partial charge in [-0.2, -0.15) is 11.8 Å². The van der Waals surface area contributed by atoms with Crippen LogP contribution in [0.25, 0.3) is 0 Å². The summed E-state index contributed by atoms with van der Waals surface area (Å²) in [6.45, 7) is 4.99. The van der Waals surface area contributed by atoms with E-state index in [2.05, 4.69) is 16.0 Å². The summed E-state index contributed by atoms with van der Waals surface area (Å²) < 4.78 is 0. The molecule has 0 radical (unpaired) electrons. The van der Waals surface area contributed by atoms with Crippen molar-refractivity contribution < 1.29 is 28.8 Å². The summed E-state index contributed by atoms with van der Waals surface area (Å²) in [7, 11) is 0. The summed E-state index contributed by atoms with van der Waals surface area (Å²) in [4.78, 5) is 84.9. The van der Waals surface area contributed by atoms with E-state index in [9.17, 15) is 28.8 Å². The maximum atomic E-state index is 14.6. The number of unbranched alkanes of at least 4 members (excludes halogenated alkanes) is 1. The Bertz CT molecular complexity index is 1580. The third kappa shape index (κ3) is 11.8. The summed E-state index contributed by atoms with van der Waals surface area (Å²) in [6.07, 6.45) is 5.06. The Morgan fingerprint density at radius 1 is 0.852 bits per heavy atom. The predicted octanol–water partition coefficient (Wildman–Crippen LogP) is 1.77. The number of nitrogens with two attached hydrogens (primary N) is 2. The lowest BCUT2D eigenvalue weighted by atomic mass is 10.0. The lowest BCUT2D eigenvalue weighted by molar-refractivity contribution is -0.146. The zero-order valence-electron chi connectivity index (χ0n) is 31.7. The Kier molecular flexibility index (Phi) is 16.4. The molecule has 13 nitrogen and oxygen atoms in total. The van der Waals surface area contributed by atoms with E-state index in [1.807, 2.05) is 80.8 Å². The fourth-order valence-electron chi connectivity index (χ4n) is 7.31. The minimum atomic E-state index is -1.03. The Balaban J connectivity index is 1.57. The highest BCUT2D eigenvalue weighted by Gasteiger charge is 2.53. The summed E-state index contributed by atoms with van der Waals surface area (Å²) in [5, 5.41) is 8.63. The first-order valence-corrected chi connectivity index (χ1v) is 20.4. The number of thioether (sulfide) groups is 1. The Hall–Kier alpha value is -4.43. The fraction of sp³-hybridized carbons (Fsp3) is 0.550. The molecule has 4 rings (SSSR count). The van der Waals surface area contributed by atoms with Crippen LogP contribution in [-0.4, -0.2) is 107 Å². The number of nitrogens with one attached hydrogen (secondary N) is 3. The number of carbonyl (C=O) groups is 6. The van der Waals surface area contributed by atoms with Gasteiger partial charge in [-0.15, -0.1) is 0 Å². The highest BCUT2D eigenvalue weighted by Crippen LogP contribution is 2.35. The van der Waals surface area contributed by atoms with Gasteiger partial charge < -0.3 is 37.2 Å². The van der Waals surface area contributed by atoms with Gasteiger partial charge in [-0.1, -0.05) is 74.5 Å². The van der Waals surface area contributed by atoms with Gasteiger partial charge in [-0.25, -0.2) is 0 Å². The van der Waals surface area contributed by atoms with E-state index >= 15 is 0 Å². The number of hydrogen-bond acceptors (Lipinski definition) is 8. The van der Waals surface area contributed by atoms with Gasteiger partial charge in [0.05, 0.1) is 0 Å². The van der Waals surface area contributed by atoms with Crippen LogP contribution in [0.1, 0.15) is 63.5 Å². The summed E-state index contributed by atoms with van der Waals surface area (Å²) in [6, 6.07) is 14.2. The molecule has 2 aliphatic rings. The Labute approximate surface area is 323 Å². The van der Waals surface area contributed by atoms with Crippen molar-refractivity contribution in [1.82, 2.24) is 25.8 Å². The van der Waals surface area contributed by atoms with Crippen molar-refractivity contribution in [2.45, 2.75) is 95.4 Å².